The number of aryl methyl sites for hydroxylation is 1. The van der Waals surface area contributed by atoms with Crippen LogP contribution in [0.4, 0.5) is 0 Å². The number of amides is 1. The maximum absolute atomic E-state index is 11.1. The molecule has 2 aliphatic rings. The Kier molecular flexibility index (Phi) is 3.06. The van der Waals surface area contributed by atoms with Crippen LogP contribution in [0.1, 0.15) is 43.5 Å². The molecule has 98 valence electrons. The third kappa shape index (κ3) is 2.89. The molecule has 1 aromatic heterocycles. The monoisotopic (exact) mass is 248 g/mol. The zero-order valence-corrected chi connectivity index (χ0v) is 10.6. The second-order valence-electron chi connectivity index (χ2n) is 5.73. The predicted octanol–water partition coefficient (Wildman–Crippen LogP) is 1.06. The molecule has 0 radical (unpaired) electrons. The Morgan fingerprint density at radius 1 is 1.28 bits per heavy atom. The second-order valence-corrected chi connectivity index (χ2v) is 5.73. The first-order chi connectivity index (χ1) is 8.72. The minimum atomic E-state index is -0.318. The normalized spacial score (nSPS) is 19.1. The average molecular weight is 248 g/mol. The molecule has 3 rings (SSSR count). The Morgan fingerprint density at radius 3 is 2.61 bits per heavy atom. The van der Waals surface area contributed by atoms with E-state index in [0.29, 0.717) is 0 Å². The van der Waals surface area contributed by atoms with Crippen molar-refractivity contribution in [2.75, 3.05) is 0 Å². The van der Waals surface area contributed by atoms with E-state index in [2.05, 4.69) is 10.3 Å². The van der Waals surface area contributed by atoms with Gasteiger partial charge in [-0.1, -0.05) is 18.1 Å². The van der Waals surface area contributed by atoms with Gasteiger partial charge in [0.05, 0.1) is 17.8 Å². The van der Waals surface area contributed by atoms with Crippen LogP contribution in [0.5, 0.6) is 0 Å². The number of carbonyl (C=O) groups is 1. The van der Waals surface area contributed by atoms with Crippen LogP contribution < -0.4 is 5.73 Å². The van der Waals surface area contributed by atoms with Gasteiger partial charge in [0.1, 0.15) is 0 Å². The molecule has 2 fully saturated rings. The molecule has 2 saturated carbocycles. The highest BCUT2D eigenvalue weighted by Crippen LogP contribution is 2.35. The molecule has 0 spiro atoms. The van der Waals surface area contributed by atoms with E-state index in [1.54, 1.807) is 0 Å². The number of carbonyl (C=O) groups excluding carboxylic acids is 1. The molecule has 18 heavy (non-hydrogen) atoms. The van der Waals surface area contributed by atoms with Crippen molar-refractivity contribution in [3.63, 3.8) is 0 Å². The van der Waals surface area contributed by atoms with Gasteiger partial charge in [-0.3, -0.25) is 4.79 Å². The predicted molar refractivity (Wildman–Crippen MR) is 66.7 cm³/mol. The van der Waals surface area contributed by atoms with E-state index in [9.17, 15) is 4.79 Å². The average Bonchev–Trinajstić information content (AvgIpc) is 3.20. The summed E-state index contributed by atoms with van der Waals surface area (Å²) >= 11 is 0. The van der Waals surface area contributed by atoms with Crippen LogP contribution in [0.3, 0.4) is 0 Å². The number of rotatable bonds is 7. The van der Waals surface area contributed by atoms with E-state index in [-0.39, 0.29) is 12.3 Å². The number of hydrogen-bond acceptors (Lipinski definition) is 3. The summed E-state index contributed by atoms with van der Waals surface area (Å²) in [5.74, 6) is 1.35. The molecule has 0 aliphatic heterocycles. The lowest BCUT2D eigenvalue weighted by molar-refractivity contribution is -0.117. The van der Waals surface area contributed by atoms with Gasteiger partial charge in [-0.05, 0) is 37.5 Å². The fraction of sp³-hybridized carbons (Fsp3) is 0.769. The first-order valence-electron chi connectivity index (χ1n) is 6.92. The zero-order valence-electron chi connectivity index (χ0n) is 10.6. The van der Waals surface area contributed by atoms with E-state index in [0.717, 1.165) is 36.2 Å². The lowest BCUT2D eigenvalue weighted by Crippen LogP contribution is -2.16. The standard InChI is InChI=1S/C13H20N4O/c14-13(18)8-11-12(7-10-3-4-10)17(16-15-11)6-5-9-1-2-9/h9-10H,1-8H2,(H2,14,18). The molecule has 5 nitrogen and oxygen atoms in total. The molecule has 2 N–H and O–H groups in total. The Hall–Kier alpha value is -1.39. The summed E-state index contributed by atoms with van der Waals surface area (Å²) in [7, 11) is 0. The molecule has 0 atom stereocenters. The van der Waals surface area contributed by atoms with E-state index >= 15 is 0 Å². The third-order valence-electron chi connectivity index (χ3n) is 3.88. The summed E-state index contributed by atoms with van der Waals surface area (Å²) in [4.78, 5) is 11.1. The highest BCUT2D eigenvalue weighted by Gasteiger charge is 2.27. The molecule has 0 saturated heterocycles. The minimum absolute atomic E-state index is 0.228. The molecule has 0 aromatic carbocycles. The third-order valence-corrected chi connectivity index (χ3v) is 3.88. The summed E-state index contributed by atoms with van der Waals surface area (Å²) in [6.07, 6.45) is 7.75. The Morgan fingerprint density at radius 2 is 2.00 bits per heavy atom. The van der Waals surface area contributed by atoms with Gasteiger partial charge in [0, 0.05) is 6.54 Å². The van der Waals surface area contributed by atoms with E-state index in [1.807, 2.05) is 4.68 Å². The van der Waals surface area contributed by atoms with Crippen LogP contribution >= 0.6 is 0 Å². The summed E-state index contributed by atoms with van der Waals surface area (Å²) in [6.45, 7) is 0.943. The Labute approximate surface area is 107 Å². The topological polar surface area (TPSA) is 73.8 Å². The molecule has 1 heterocycles. The number of aromatic nitrogens is 3. The summed E-state index contributed by atoms with van der Waals surface area (Å²) in [5.41, 5.74) is 7.21. The van der Waals surface area contributed by atoms with Crippen molar-refractivity contribution in [1.82, 2.24) is 15.0 Å². The lowest BCUT2D eigenvalue weighted by Gasteiger charge is -2.06. The van der Waals surface area contributed by atoms with Gasteiger partial charge in [0.25, 0.3) is 0 Å². The van der Waals surface area contributed by atoms with E-state index in [4.69, 9.17) is 5.73 Å². The summed E-state index contributed by atoms with van der Waals surface area (Å²) in [5, 5.41) is 8.36. The van der Waals surface area contributed by atoms with Crippen molar-refractivity contribution in [3.8, 4) is 0 Å². The van der Waals surface area contributed by atoms with Crippen LogP contribution in [0.15, 0.2) is 0 Å². The Bertz CT molecular complexity index is 446. The molecule has 5 heteroatoms. The maximum Gasteiger partial charge on any atom is 0.223 e. The number of primary amides is 1. The zero-order chi connectivity index (χ0) is 12.5. The number of nitrogens with zero attached hydrogens (tertiary/aromatic N) is 3. The summed E-state index contributed by atoms with van der Waals surface area (Å²) < 4.78 is 2.01. The molecule has 0 unspecified atom stereocenters. The minimum Gasteiger partial charge on any atom is -0.369 e. The van der Waals surface area contributed by atoms with Crippen LogP contribution in [0.25, 0.3) is 0 Å². The van der Waals surface area contributed by atoms with E-state index < -0.39 is 0 Å². The second kappa shape index (κ2) is 4.71. The number of nitrogens with two attached hydrogens (primary N) is 1. The molecular weight excluding hydrogens is 228 g/mol. The molecule has 1 aromatic rings. The fourth-order valence-corrected chi connectivity index (χ4v) is 2.38. The summed E-state index contributed by atoms with van der Waals surface area (Å²) in [6, 6.07) is 0. The highest BCUT2D eigenvalue weighted by molar-refractivity contribution is 5.76. The van der Waals surface area contributed by atoms with Crippen LogP contribution in [0.2, 0.25) is 0 Å². The van der Waals surface area contributed by atoms with Gasteiger partial charge in [0.15, 0.2) is 0 Å². The van der Waals surface area contributed by atoms with Crippen molar-refractivity contribution in [2.45, 2.75) is 51.5 Å². The van der Waals surface area contributed by atoms with Gasteiger partial charge < -0.3 is 5.73 Å². The molecule has 1 amide bonds. The first-order valence-corrected chi connectivity index (χ1v) is 6.92. The molecule has 0 bridgehead atoms. The van der Waals surface area contributed by atoms with Crippen molar-refractivity contribution in [1.29, 1.82) is 0 Å². The Balaban J connectivity index is 1.72. The van der Waals surface area contributed by atoms with E-state index in [1.165, 1.54) is 32.1 Å². The van der Waals surface area contributed by atoms with Crippen molar-refractivity contribution in [2.24, 2.45) is 17.6 Å². The largest absolute Gasteiger partial charge is 0.369 e. The molecule has 2 aliphatic carbocycles. The quantitative estimate of drug-likeness (QED) is 0.784. The lowest BCUT2D eigenvalue weighted by atomic mass is 10.1. The fourth-order valence-electron chi connectivity index (χ4n) is 2.38. The van der Waals surface area contributed by atoms with Crippen LogP contribution in [-0.2, 0) is 24.2 Å². The highest BCUT2D eigenvalue weighted by atomic mass is 16.1. The van der Waals surface area contributed by atoms with Gasteiger partial charge in [-0.25, -0.2) is 4.68 Å². The SMILES string of the molecule is NC(=O)Cc1nnn(CCC2CC2)c1CC1CC1. The maximum atomic E-state index is 11.1. The van der Waals surface area contributed by atoms with Gasteiger partial charge >= 0.3 is 0 Å². The van der Waals surface area contributed by atoms with Crippen molar-refractivity contribution in [3.05, 3.63) is 11.4 Å². The van der Waals surface area contributed by atoms with Crippen LogP contribution in [0, 0.1) is 11.8 Å². The van der Waals surface area contributed by atoms with Crippen molar-refractivity contribution < 1.29 is 4.79 Å². The molecular formula is C13H20N4O. The van der Waals surface area contributed by atoms with Gasteiger partial charge in [0.2, 0.25) is 5.91 Å². The van der Waals surface area contributed by atoms with Gasteiger partial charge in [-0.2, -0.15) is 0 Å². The first kappa shape index (κ1) is 11.7. The smallest absolute Gasteiger partial charge is 0.223 e. The van der Waals surface area contributed by atoms with Crippen molar-refractivity contribution >= 4 is 5.91 Å². The number of hydrogen-bond donors (Lipinski definition) is 1. The van der Waals surface area contributed by atoms with Crippen LogP contribution in [-0.4, -0.2) is 20.9 Å². The van der Waals surface area contributed by atoms with Gasteiger partial charge in [-0.15, -0.1) is 5.10 Å².